The summed E-state index contributed by atoms with van der Waals surface area (Å²) < 4.78 is 1.81. The maximum atomic E-state index is 12.8. The lowest BCUT2D eigenvalue weighted by Gasteiger charge is -2.32. The van der Waals surface area contributed by atoms with Gasteiger partial charge in [0.2, 0.25) is 5.91 Å². The summed E-state index contributed by atoms with van der Waals surface area (Å²) >= 11 is 0. The van der Waals surface area contributed by atoms with Crippen LogP contribution in [-0.2, 0) is 18.3 Å². The van der Waals surface area contributed by atoms with E-state index in [0.29, 0.717) is 13.0 Å². The number of nitrogens with zero attached hydrogens (tertiary/aromatic N) is 4. The van der Waals surface area contributed by atoms with Gasteiger partial charge in [0.1, 0.15) is 5.69 Å². The Hall–Kier alpha value is -2.64. The van der Waals surface area contributed by atoms with Gasteiger partial charge in [-0.05, 0) is 32.8 Å². The molecular formula is C17H24N6O2. The molecule has 3 rings (SSSR count). The summed E-state index contributed by atoms with van der Waals surface area (Å²) in [5.41, 5.74) is 9.29. The molecule has 2 aromatic rings. The first kappa shape index (κ1) is 17.2. The number of H-pyrrole nitrogens is 1. The average Bonchev–Trinajstić information content (AvgIpc) is 3.16. The van der Waals surface area contributed by atoms with Crippen LogP contribution in [0.2, 0.25) is 0 Å². The number of rotatable bonds is 4. The van der Waals surface area contributed by atoms with Crippen molar-refractivity contribution in [2.45, 2.75) is 39.0 Å². The lowest BCUT2D eigenvalue weighted by molar-refractivity contribution is -0.131. The number of aryl methyl sites for hydroxylation is 2. The van der Waals surface area contributed by atoms with E-state index in [1.165, 1.54) is 0 Å². The van der Waals surface area contributed by atoms with E-state index in [4.69, 9.17) is 5.73 Å². The molecule has 1 saturated heterocycles. The van der Waals surface area contributed by atoms with Crippen LogP contribution in [0.1, 0.15) is 51.9 Å². The molecule has 0 radical (unpaired) electrons. The lowest BCUT2D eigenvalue weighted by atomic mass is 9.94. The van der Waals surface area contributed by atoms with Crippen molar-refractivity contribution in [1.82, 2.24) is 24.9 Å². The fourth-order valence-electron chi connectivity index (χ4n) is 3.47. The van der Waals surface area contributed by atoms with Crippen molar-refractivity contribution in [3.05, 3.63) is 34.4 Å². The quantitative estimate of drug-likeness (QED) is 0.855. The first-order valence-corrected chi connectivity index (χ1v) is 8.48. The number of carbonyl (C=O) groups excluding carboxylic acids is 2. The van der Waals surface area contributed by atoms with Gasteiger partial charge in [-0.2, -0.15) is 10.2 Å². The minimum absolute atomic E-state index is 0.110. The van der Waals surface area contributed by atoms with Crippen molar-refractivity contribution in [2.75, 3.05) is 13.1 Å². The molecular weight excluding hydrogens is 320 g/mol. The van der Waals surface area contributed by atoms with E-state index in [-0.39, 0.29) is 17.5 Å². The molecule has 0 bridgehead atoms. The number of amides is 2. The molecule has 0 spiro atoms. The van der Waals surface area contributed by atoms with Crippen LogP contribution in [0.15, 0.2) is 6.07 Å². The maximum Gasteiger partial charge on any atom is 0.269 e. The second-order valence-corrected chi connectivity index (χ2v) is 6.70. The van der Waals surface area contributed by atoms with Crippen LogP contribution in [0, 0.1) is 13.8 Å². The standard InChI is InChI=1S/C17H24N6O2/c1-10-13(11(2)22(3)21-10)7-16(24)23-6-4-5-12(9-23)14-8-15(17(18)25)20-19-14/h8,12H,4-7,9H2,1-3H3,(H2,18,25)(H,19,20)/t12-/m1/s1. The van der Waals surface area contributed by atoms with Crippen LogP contribution in [-0.4, -0.2) is 49.8 Å². The first-order chi connectivity index (χ1) is 11.9. The smallest absolute Gasteiger partial charge is 0.269 e. The Bertz CT molecular complexity index is 806. The monoisotopic (exact) mass is 344 g/mol. The molecule has 8 heteroatoms. The highest BCUT2D eigenvalue weighted by Crippen LogP contribution is 2.26. The Morgan fingerprint density at radius 2 is 2.16 bits per heavy atom. The molecule has 1 aliphatic heterocycles. The third-order valence-electron chi connectivity index (χ3n) is 5.05. The van der Waals surface area contributed by atoms with E-state index in [2.05, 4.69) is 15.3 Å². The van der Waals surface area contributed by atoms with Crippen LogP contribution in [0.25, 0.3) is 0 Å². The van der Waals surface area contributed by atoms with Gasteiger partial charge in [-0.25, -0.2) is 0 Å². The Morgan fingerprint density at radius 1 is 1.40 bits per heavy atom. The van der Waals surface area contributed by atoms with Gasteiger partial charge in [0.25, 0.3) is 5.91 Å². The van der Waals surface area contributed by atoms with Crippen LogP contribution >= 0.6 is 0 Å². The molecule has 25 heavy (non-hydrogen) atoms. The highest BCUT2D eigenvalue weighted by atomic mass is 16.2. The van der Waals surface area contributed by atoms with Crippen molar-refractivity contribution >= 4 is 11.8 Å². The number of likely N-dealkylation sites (tertiary alicyclic amines) is 1. The van der Waals surface area contributed by atoms with Gasteiger partial charge in [0.05, 0.1) is 12.1 Å². The van der Waals surface area contributed by atoms with E-state index >= 15 is 0 Å². The Morgan fingerprint density at radius 3 is 2.76 bits per heavy atom. The number of aromatic nitrogens is 4. The second kappa shape index (κ2) is 6.70. The molecule has 0 unspecified atom stereocenters. The molecule has 2 aromatic heterocycles. The van der Waals surface area contributed by atoms with Gasteiger partial charge >= 0.3 is 0 Å². The zero-order chi connectivity index (χ0) is 18.1. The largest absolute Gasteiger partial charge is 0.364 e. The summed E-state index contributed by atoms with van der Waals surface area (Å²) in [4.78, 5) is 25.9. The third kappa shape index (κ3) is 3.42. The van der Waals surface area contributed by atoms with Crippen LogP contribution in [0.5, 0.6) is 0 Å². The molecule has 1 fully saturated rings. The molecule has 0 aliphatic carbocycles. The number of hydrogen-bond acceptors (Lipinski definition) is 4. The fraction of sp³-hybridized carbons (Fsp3) is 0.529. The molecule has 3 heterocycles. The van der Waals surface area contributed by atoms with Crippen molar-refractivity contribution in [2.24, 2.45) is 12.8 Å². The molecule has 134 valence electrons. The summed E-state index contributed by atoms with van der Waals surface area (Å²) in [5, 5.41) is 11.2. The Balaban J connectivity index is 1.70. The lowest BCUT2D eigenvalue weighted by Crippen LogP contribution is -2.40. The van der Waals surface area contributed by atoms with Crippen LogP contribution in [0.3, 0.4) is 0 Å². The highest BCUT2D eigenvalue weighted by molar-refractivity contribution is 5.90. The van der Waals surface area contributed by atoms with Gasteiger partial charge in [0.15, 0.2) is 0 Å². The van der Waals surface area contributed by atoms with Crippen molar-refractivity contribution in [3.8, 4) is 0 Å². The molecule has 8 nitrogen and oxygen atoms in total. The Kier molecular flexibility index (Phi) is 4.61. The van der Waals surface area contributed by atoms with E-state index in [9.17, 15) is 9.59 Å². The molecule has 2 amide bonds. The number of piperidine rings is 1. The predicted molar refractivity (Wildman–Crippen MR) is 92.0 cm³/mol. The van der Waals surface area contributed by atoms with E-state index in [0.717, 1.165) is 42.0 Å². The van der Waals surface area contributed by atoms with E-state index in [1.807, 2.05) is 30.5 Å². The summed E-state index contributed by atoms with van der Waals surface area (Å²) in [5.74, 6) is -0.290. The highest BCUT2D eigenvalue weighted by Gasteiger charge is 2.27. The second-order valence-electron chi connectivity index (χ2n) is 6.70. The zero-order valence-corrected chi connectivity index (χ0v) is 14.9. The van der Waals surface area contributed by atoms with E-state index < -0.39 is 5.91 Å². The fourth-order valence-corrected chi connectivity index (χ4v) is 3.47. The minimum atomic E-state index is -0.547. The summed E-state index contributed by atoms with van der Waals surface area (Å²) in [7, 11) is 1.89. The minimum Gasteiger partial charge on any atom is -0.364 e. The SMILES string of the molecule is Cc1nn(C)c(C)c1CC(=O)N1CCC[C@@H](c2cc(C(N)=O)n[nH]2)C1. The first-order valence-electron chi connectivity index (χ1n) is 8.48. The molecule has 1 atom stereocenters. The molecule has 1 aliphatic rings. The number of nitrogens with one attached hydrogen (secondary N) is 1. The van der Waals surface area contributed by atoms with Gasteiger partial charge < -0.3 is 10.6 Å². The number of primary amides is 1. The molecule has 0 saturated carbocycles. The molecule has 3 N–H and O–H groups in total. The van der Waals surface area contributed by atoms with Crippen molar-refractivity contribution in [3.63, 3.8) is 0 Å². The number of carbonyl (C=O) groups is 2. The molecule has 0 aromatic carbocycles. The van der Waals surface area contributed by atoms with Crippen molar-refractivity contribution < 1.29 is 9.59 Å². The number of nitrogens with two attached hydrogens (primary N) is 1. The van der Waals surface area contributed by atoms with Gasteiger partial charge in [-0.3, -0.25) is 19.4 Å². The number of hydrogen-bond donors (Lipinski definition) is 2. The van der Waals surface area contributed by atoms with Crippen LogP contribution < -0.4 is 5.73 Å². The summed E-state index contributed by atoms with van der Waals surface area (Å²) in [6.45, 7) is 5.30. The topological polar surface area (TPSA) is 110 Å². The maximum absolute atomic E-state index is 12.8. The normalized spacial score (nSPS) is 17.7. The van der Waals surface area contributed by atoms with Gasteiger partial charge in [-0.1, -0.05) is 0 Å². The summed E-state index contributed by atoms with van der Waals surface area (Å²) in [6, 6.07) is 1.69. The van der Waals surface area contributed by atoms with Gasteiger partial charge in [-0.15, -0.1) is 0 Å². The zero-order valence-electron chi connectivity index (χ0n) is 14.9. The predicted octanol–water partition coefficient (Wildman–Crippen LogP) is 0.808. The van der Waals surface area contributed by atoms with E-state index in [1.54, 1.807) is 6.07 Å². The average molecular weight is 344 g/mol. The van der Waals surface area contributed by atoms with Gasteiger partial charge in [0, 0.05) is 43.0 Å². The van der Waals surface area contributed by atoms with Crippen LogP contribution in [0.4, 0.5) is 0 Å². The number of aromatic amines is 1. The van der Waals surface area contributed by atoms with Crippen molar-refractivity contribution in [1.29, 1.82) is 0 Å². The Labute approximate surface area is 146 Å². The third-order valence-corrected chi connectivity index (χ3v) is 5.05. The summed E-state index contributed by atoms with van der Waals surface area (Å²) in [6.07, 6.45) is 2.25.